The highest BCUT2D eigenvalue weighted by Crippen LogP contribution is 2.24. The molecular formula is C15H21N3O2. The molecule has 1 aromatic heterocycles. The largest absolute Gasteiger partial charge is 0.494 e. The van der Waals surface area contributed by atoms with Gasteiger partial charge in [-0.25, -0.2) is 0 Å². The predicted molar refractivity (Wildman–Crippen MR) is 77.8 cm³/mol. The van der Waals surface area contributed by atoms with E-state index < -0.39 is 0 Å². The molecule has 0 aliphatic heterocycles. The number of ether oxygens (including phenoxy) is 1. The Morgan fingerprint density at radius 3 is 2.85 bits per heavy atom. The van der Waals surface area contributed by atoms with Gasteiger partial charge in [0.2, 0.25) is 11.7 Å². The standard InChI is InChI=1S/C15H21N3O2/c1-5-19-13-8-6-7-12(9-13)14-17-15(20-18-14)10(2)11(3)16-4/h6-11,16H,5H2,1-4H3. The van der Waals surface area contributed by atoms with Crippen molar-refractivity contribution in [3.63, 3.8) is 0 Å². The molecule has 0 aliphatic rings. The lowest BCUT2D eigenvalue weighted by atomic mass is 10.0. The maximum Gasteiger partial charge on any atom is 0.231 e. The van der Waals surface area contributed by atoms with Crippen LogP contribution in [0.5, 0.6) is 5.75 Å². The average molecular weight is 275 g/mol. The van der Waals surface area contributed by atoms with Gasteiger partial charge in [0.05, 0.1) is 12.5 Å². The van der Waals surface area contributed by atoms with Crippen LogP contribution >= 0.6 is 0 Å². The zero-order valence-corrected chi connectivity index (χ0v) is 12.4. The molecule has 0 spiro atoms. The van der Waals surface area contributed by atoms with Crippen LogP contribution in [0.2, 0.25) is 0 Å². The van der Waals surface area contributed by atoms with Gasteiger partial charge in [0.15, 0.2) is 0 Å². The van der Waals surface area contributed by atoms with Crippen molar-refractivity contribution < 1.29 is 9.26 Å². The monoisotopic (exact) mass is 275 g/mol. The molecule has 2 unspecified atom stereocenters. The number of hydrogen-bond donors (Lipinski definition) is 1. The third kappa shape index (κ3) is 3.17. The van der Waals surface area contributed by atoms with Gasteiger partial charge in [0.25, 0.3) is 0 Å². The minimum atomic E-state index is 0.163. The summed E-state index contributed by atoms with van der Waals surface area (Å²) >= 11 is 0. The zero-order valence-electron chi connectivity index (χ0n) is 12.4. The second-order valence-corrected chi connectivity index (χ2v) is 4.78. The lowest BCUT2D eigenvalue weighted by Gasteiger charge is -2.14. The second-order valence-electron chi connectivity index (χ2n) is 4.78. The summed E-state index contributed by atoms with van der Waals surface area (Å²) in [4.78, 5) is 4.48. The van der Waals surface area contributed by atoms with E-state index in [4.69, 9.17) is 9.26 Å². The number of aromatic nitrogens is 2. The number of rotatable bonds is 6. The number of benzene rings is 1. The Labute approximate surface area is 119 Å². The fourth-order valence-electron chi connectivity index (χ4n) is 1.89. The van der Waals surface area contributed by atoms with Crippen LogP contribution in [0.1, 0.15) is 32.6 Å². The molecule has 5 heteroatoms. The summed E-state index contributed by atoms with van der Waals surface area (Å²) in [5.74, 6) is 2.21. The lowest BCUT2D eigenvalue weighted by Crippen LogP contribution is -2.27. The van der Waals surface area contributed by atoms with Gasteiger partial charge in [-0.15, -0.1) is 0 Å². The van der Waals surface area contributed by atoms with Gasteiger partial charge in [0, 0.05) is 11.6 Å². The quantitative estimate of drug-likeness (QED) is 0.878. The zero-order chi connectivity index (χ0) is 14.5. The van der Waals surface area contributed by atoms with Gasteiger partial charge in [0.1, 0.15) is 5.75 Å². The van der Waals surface area contributed by atoms with Crippen LogP contribution in [0, 0.1) is 0 Å². The molecule has 1 heterocycles. The van der Waals surface area contributed by atoms with Gasteiger partial charge in [-0.1, -0.05) is 24.2 Å². The van der Waals surface area contributed by atoms with Crippen LogP contribution in [0.3, 0.4) is 0 Å². The minimum Gasteiger partial charge on any atom is -0.494 e. The molecule has 0 bridgehead atoms. The fraction of sp³-hybridized carbons (Fsp3) is 0.467. The molecule has 2 aromatic rings. The molecule has 0 saturated carbocycles. The second kappa shape index (κ2) is 6.52. The Morgan fingerprint density at radius 2 is 2.15 bits per heavy atom. The van der Waals surface area contributed by atoms with E-state index in [1.54, 1.807) is 0 Å². The summed E-state index contributed by atoms with van der Waals surface area (Å²) in [6.07, 6.45) is 0. The van der Waals surface area contributed by atoms with Gasteiger partial charge in [-0.2, -0.15) is 4.98 Å². The number of nitrogens with zero attached hydrogens (tertiary/aromatic N) is 2. The highest BCUT2D eigenvalue weighted by atomic mass is 16.5. The van der Waals surface area contributed by atoms with Crippen molar-refractivity contribution in [1.82, 2.24) is 15.5 Å². The van der Waals surface area contributed by atoms with E-state index in [1.165, 1.54) is 0 Å². The topological polar surface area (TPSA) is 60.2 Å². The van der Waals surface area contributed by atoms with Crippen molar-refractivity contribution in [1.29, 1.82) is 0 Å². The Balaban J connectivity index is 2.22. The van der Waals surface area contributed by atoms with E-state index >= 15 is 0 Å². The molecule has 5 nitrogen and oxygen atoms in total. The van der Waals surface area contributed by atoms with Crippen molar-refractivity contribution in [2.45, 2.75) is 32.7 Å². The Kier molecular flexibility index (Phi) is 4.74. The molecule has 0 amide bonds. The third-order valence-electron chi connectivity index (χ3n) is 3.44. The SMILES string of the molecule is CCOc1cccc(-c2noc(C(C)C(C)NC)n2)c1. The molecule has 108 valence electrons. The van der Waals surface area contributed by atoms with Crippen molar-refractivity contribution in [3.8, 4) is 17.1 Å². The summed E-state index contributed by atoms with van der Waals surface area (Å²) in [5, 5.41) is 7.25. The first kappa shape index (κ1) is 14.5. The van der Waals surface area contributed by atoms with Gasteiger partial charge in [-0.3, -0.25) is 0 Å². The summed E-state index contributed by atoms with van der Waals surface area (Å²) in [5.41, 5.74) is 0.898. The van der Waals surface area contributed by atoms with Crippen LogP contribution in [-0.4, -0.2) is 29.8 Å². The van der Waals surface area contributed by atoms with Gasteiger partial charge in [-0.05, 0) is 33.0 Å². The van der Waals surface area contributed by atoms with Gasteiger partial charge < -0.3 is 14.6 Å². The van der Waals surface area contributed by atoms with Crippen LogP contribution in [0.15, 0.2) is 28.8 Å². The van der Waals surface area contributed by atoms with Crippen molar-refractivity contribution in [2.24, 2.45) is 0 Å². The third-order valence-corrected chi connectivity index (χ3v) is 3.44. The fourth-order valence-corrected chi connectivity index (χ4v) is 1.89. The first-order valence-corrected chi connectivity index (χ1v) is 6.89. The van der Waals surface area contributed by atoms with E-state index in [1.807, 2.05) is 38.2 Å². The molecule has 2 atom stereocenters. The van der Waals surface area contributed by atoms with E-state index in [9.17, 15) is 0 Å². The lowest BCUT2D eigenvalue weighted by molar-refractivity contribution is 0.336. The van der Waals surface area contributed by atoms with E-state index in [0.717, 1.165) is 11.3 Å². The average Bonchev–Trinajstić information content (AvgIpc) is 2.96. The van der Waals surface area contributed by atoms with Crippen LogP contribution in [0.25, 0.3) is 11.4 Å². The first-order valence-electron chi connectivity index (χ1n) is 6.89. The molecule has 0 saturated heterocycles. The minimum absolute atomic E-state index is 0.163. The maximum atomic E-state index is 5.48. The maximum absolute atomic E-state index is 5.48. The van der Waals surface area contributed by atoms with Crippen molar-refractivity contribution in [2.75, 3.05) is 13.7 Å². The predicted octanol–water partition coefficient (Wildman–Crippen LogP) is 2.85. The molecule has 1 N–H and O–H groups in total. The normalized spacial score (nSPS) is 14.0. The Morgan fingerprint density at radius 1 is 1.35 bits per heavy atom. The smallest absolute Gasteiger partial charge is 0.231 e. The number of likely N-dealkylation sites (N-methyl/N-ethyl adjacent to an activating group) is 1. The molecular weight excluding hydrogens is 254 g/mol. The van der Waals surface area contributed by atoms with Gasteiger partial charge >= 0.3 is 0 Å². The molecule has 0 fully saturated rings. The molecule has 0 radical (unpaired) electrons. The first-order chi connectivity index (χ1) is 9.65. The highest BCUT2D eigenvalue weighted by Gasteiger charge is 2.20. The highest BCUT2D eigenvalue weighted by molar-refractivity contribution is 5.56. The van der Waals surface area contributed by atoms with E-state index in [0.29, 0.717) is 18.3 Å². The van der Waals surface area contributed by atoms with E-state index in [2.05, 4.69) is 29.3 Å². The Bertz CT molecular complexity index is 554. The van der Waals surface area contributed by atoms with Crippen molar-refractivity contribution >= 4 is 0 Å². The van der Waals surface area contributed by atoms with E-state index in [-0.39, 0.29) is 12.0 Å². The van der Waals surface area contributed by atoms with Crippen LogP contribution < -0.4 is 10.1 Å². The number of nitrogens with one attached hydrogen (secondary N) is 1. The van der Waals surface area contributed by atoms with Crippen LogP contribution in [-0.2, 0) is 0 Å². The van der Waals surface area contributed by atoms with Crippen LogP contribution in [0.4, 0.5) is 0 Å². The molecule has 2 rings (SSSR count). The summed E-state index contributed by atoms with van der Waals surface area (Å²) in [6.45, 7) is 6.75. The number of hydrogen-bond acceptors (Lipinski definition) is 5. The van der Waals surface area contributed by atoms with Crippen molar-refractivity contribution in [3.05, 3.63) is 30.2 Å². The molecule has 20 heavy (non-hydrogen) atoms. The molecule has 1 aromatic carbocycles. The summed E-state index contributed by atoms with van der Waals surface area (Å²) in [7, 11) is 1.92. The summed E-state index contributed by atoms with van der Waals surface area (Å²) in [6, 6.07) is 7.99. The summed E-state index contributed by atoms with van der Waals surface area (Å²) < 4.78 is 10.8. The Hall–Kier alpha value is -1.88. The molecule has 0 aliphatic carbocycles.